The third kappa shape index (κ3) is 4.69. The number of aromatic amines is 1. The van der Waals surface area contributed by atoms with Crippen LogP contribution < -0.4 is 15.8 Å². The van der Waals surface area contributed by atoms with E-state index in [0.717, 1.165) is 28.5 Å². The average molecular weight is 477 g/mol. The van der Waals surface area contributed by atoms with Gasteiger partial charge >= 0.3 is 6.18 Å². The summed E-state index contributed by atoms with van der Waals surface area (Å²) in [6.07, 6.45) is -4.44. The van der Waals surface area contributed by atoms with Crippen LogP contribution in [0, 0.1) is 6.92 Å². The summed E-state index contributed by atoms with van der Waals surface area (Å²) in [7, 11) is 0. The van der Waals surface area contributed by atoms with Crippen molar-refractivity contribution in [3.05, 3.63) is 78.1 Å². The van der Waals surface area contributed by atoms with Gasteiger partial charge in [0, 0.05) is 22.7 Å². The van der Waals surface area contributed by atoms with Crippen LogP contribution in [0.3, 0.4) is 0 Å². The Hall–Kier alpha value is -4.67. The van der Waals surface area contributed by atoms with Gasteiger partial charge in [-0.15, -0.1) is 5.10 Å². The fraction of sp³-hybridized carbons (Fsp3) is 0.0833. The standard InChI is InChI=1S/C24H18F3N7O/c1-13-29-20(28)12-21(30-13)35-19-10-9-18(16-7-2-3-8-17(16)19)22-32-23(34-33-22)31-15-6-4-5-14(11-15)24(25,26)27/h2-12H,1H3,(H2,28,29,30)(H2,31,32,33,34). The van der Waals surface area contributed by atoms with Crippen LogP contribution in [-0.4, -0.2) is 25.1 Å². The number of aryl methyl sites for hydroxylation is 1. The number of hydrogen-bond donors (Lipinski definition) is 3. The number of H-pyrrole nitrogens is 1. The Morgan fingerprint density at radius 1 is 0.914 bits per heavy atom. The molecule has 0 saturated carbocycles. The topological polar surface area (TPSA) is 115 Å². The molecule has 2 heterocycles. The number of hydrogen-bond acceptors (Lipinski definition) is 7. The second-order valence-corrected chi connectivity index (χ2v) is 7.65. The molecule has 0 saturated heterocycles. The molecule has 0 spiro atoms. The van der Waals surface area contributed by atoms with Gasteiger partial charge in [-0.25, -0.2) is 4.98 Å². The van der Waals surface area contributed by atoms with Crippen molar-refractivity contribution in [1.82, 2.24) is 25.1 Å². The molecule has 3 aromatic carbocycles. The second-order valence-electron chi connectivity index (χ2n) is 7.65. The molecule has 0 aliphatic carbocycles. The van der Waals surface area contributed by atoms with E-state index >= 15 is 0 Å². The van der Waals surface area contributed by atoms with Crippen LogP contribution in [0.25, 0.3) is 22.2 Å². The first kappa shape index (κ1) is 22.1. The predicted octanol–water partition coefficient (Wildman–Crippen LogP) is 5.86. The maximum atomic E-state index is 13.0. The van der Waals surface area contributed by atoms with Crippen LogP contribution >= 0.6 is 0 Å². The highest BCUT2D eigenvalue weighted by atomic mass is 19.4. The Morgan fingerprint density at radius 2 is 1.71 bits per heavy atom. The minimum atomic E-state index is -4.44. The number of nitrogen functional groups attached to an aromatic ring is 1. The third-order valence-electron chi connectivity index (χ3n) is 5.12. The monoisotopic (exact) mass is 477 g/mol. The molecule has 0 fully saturated rings. The SMILES string of the molecule is Cc1nc(N)cc(Oc2ccc(-c3nc(Nc4cccc(C(F)(F)F)c4)n[nH]3)c3ccccc23)n1. The minimum absolute atomic E-state index is 0.135. The summed E-state index contributed by atoms with van der Waals surface area (Å²) in [5.74, 6) is 2.24. The number of nitrogens with two attached hydrogens (primary N) is 1. The average Bonchev–Trinajstić information content (AvgIpc) is 3.26. The van der Waals surface area contributed by atoms with Gasteiger partial charge in [-0.1, -0.05) is 30.3 Å². The van der Waals surface area contributed by atoms with Gasteiger partial charge < -0.3 is 15.8 Å². The zero-order valence-electron chi connectivity index (χ0n) is 18.3. The molecule has 2 aromatic heterocycles. The highest BCUT2D eigenvalue weighted by Gasteiger charge is 2.30. The fourth-order valence-electron chi connectivity index (χ4n) is 3.63. The van der Waals surface area contributed by atoms with Crippen molar-refractivity contribution < 1.29 is 17.9 Å². The Bertz CT molecular complexity index is 1510. The maximum Gasteiger partial charge on any atom is 0.416 e. The number of rotatable bonds is 5. The number of nitrogens with zero attached hydrogens (tertiary/aromatic N) is 4. The Balaban J connectivity index is 1.46. The lowest BCUT2D eigenvalue weighted by atomic mass is 10.0. The molecule has 11 heteroatoms. The van der Waals surface area contributed by atoms with E-state index in [9.17, 15) is 13.2 Å². The number of fused-ring (bicyclic) bond motifs is 1. The van der Waals surface area contributed by atoms with E-state index in [0.29, 0.717) is 29.1 Å². The van der Waals surface area contributed by atoms with Gasteiger partial charge in [0.15, 0.2) is 5.82 Å². The van der Waals surface area contributed by atoms with Crippen molar-refractivity contribution >= 4 is 28.2 Å². The largest absolute Gasteiger partial charge is 0.438 e. The van der Waals surface area contributed by atoms with Gasteiger partial charge in [-0.2, -0.15) is 23.1 Å². The number of alkyl halides is 3. The van der Waals surface area contributed by atoms with E-state index in [1.165, 1.54) is 18.2 Å². The van der Waals surface area contributed by atoms with Crippen LogP contribution in [-0.2, 0) is 6.18 Å². The number of aromatic nitrogens is 5. The molecule has 8 nitrogen and oxygen atoms in total. The molecule has 0 unspecified atom stereocenters. The predicted molar refractivity (Wildman–Crippen MR) is 125 cm³/mol. The summed E-state index contributed by atoms with van der Waals surface area (Å²) in [4.78, 5) is 12.7. The summed E-state index contributed by atoms with van der Waals surface area (Å²) in [5.41, 5.74) is 5.99. The van der Waals surface area contributed by atoms with Crippen LogP contribution in [0.2, 0.25) is 0 Å². The maximum absolute atomic E-state index is 13.0. The van der Waals surface area contributed by atoms with Crippen molar-refractivity contribution in [2.45, 2.75) is 13.1 Å². The van der Waals surface area contributed by atoms with Gasteiger partial charge in [0.1, 0.15) is 17.4 Å². The van der Waals surface area contributed by atoms with Gasteiger partial charge in [0.2, 0.25) is 11.8 Å². The van der Waals surface area contributed by atoms with E-state index < -0.39 is 11.7 Å². The normalized spacial score (nSPS) is 11.5. The summed E-state index contributed by atoms with van der Waals surface area (Å²) in [5, 5.41) is 11.4. The van der Waals surface area contributed by atoms with Crippen molar-refractivity contribution in [1.29, 1.82) is 0 Å². The molecule has 176 valence electrons. The molecular weight excluding hydrogens is 459 g/mol. The molecule has 5 rings (SSSR count). The molecule has 0 radical (unpaired) electrons. The van der Waals surface area contributed by atoms with E-state index in [1.807, 2.05) is 30.3 Å². The minimum Gasteiger partial charge on any atom is -0.438 e. The molecule has 35 heavy (non-hydrogen) atoms. The molecule has 0 aliphatic rings. The number of anilines is 3. The van der Waals surface area contributed by atoms with E-state index in [-0.39, 0.29) is 11.6 Å². The van der Waals surface area contributed by atoms with Crippen LogP contribution in [0.15, 0.2) is 66.7 Å². The zero-order chi connectivity index (χ0) is 24.6. The molecule has 4 N–H and O–H groups in total. The second kappa shape index (κ2) is 8.60. The van der Waals surface area contributed by atoms with Crippen molar-refractivity contribution in [2.24, 2.45) is 0 Å². The van der Waals surface area contributed by atoms with E-state index in [4.69, 9.17) is 10.5 Å². The Labute approximate surface area is 197 Å². The fourth-order valence-corrected chi connectivity index (χ4v) is 3.63. The summed E-state index contributed by atoms with van der Waals surface area (Å²) >= 11 is 0. The van der Waals surface area contributed by atoms with Gasteiger partial charge in [0.25, 0.3) is 0 Å². The first-order chi connectivity index (χ1) is 16.8. The first-order valence-corrected chi connectivity index (χ1v) is 10.4. The number of ether oxygens (including phenoxy) is 1. The van der Waals surface area contributed by atoms with Crippen molar-refractivity contribution in [2.75, 3.05) is 11.1 Å². The van der Waals surface area contributed by atoms with E-state index in [1.54, 1.807) is 13.0 Å². The lowest BCUT2D eigenvalue weighted by Gasteiger charge is -2.11. The van der Waals surface area contributed by atoms with Crippen molar-refractivity contribution in [3.8, 4) is 23.0 Å². The Kier molecular flexibility index (Phi) is 5.44. The van der Waals surface area contributed by atoms with Gasteiger partial charge in [-0.3, -0.25) is 5.10 Å². The summed E-state index contributed by atoms with van der Waals surface area (Å²) in [6.45, 7) is 1.72. The summed E-state index contributed by atoms with van der Waals surface area (Å²) in [6, 6.07) is 17.5. The molecule has 0 atom stereocenters. The molecule has 0 aliphatic heterocycles. The zero-order valence-corrected chi connectivity index (χ0v) is 18.3. The van der Waals surface area contributed by atoms with Gasteiger partial charge in [0.05, 0.1) is 5.56 Å². The smallest absolute Gasteiger partial charge is 0.416 e. The van der Waals surface area contributed by atoms with Gasteiger partial charge in [-0.05, 0) is 42.6 Å². The van der Waals surface area contributed by atoms with Crippen LogP contribution in [0.5, 0.6) is 11.6 Å². The lowest BCUT2D eigenvalue weighted by molar-refractivity contribution is -0.137. The van der Waals surface area contributed by atoms with Crippen LogP contribution in [0.1, 0.15) is 11.4 Å². The first-order valence-electron chi connectivity index (χ1n) is 10.4. The van der Waals surface area contributed by atoms with Crippen LogP contribution in [0.4, 0.5) is 30.6 Å². The summed E-state index contributed by atoms with van der Waals surface area (Å²) < 4.78 is 45.0. The number of halogens is 3. The highest BCUT2D eigenvalue weighted by Crippen LogP contribution is 2.36. The molecule has 0 bridgehead atoms. The highest BCUT2D eigenvalue weighted by molar-refractivity contribution is 5.99. The lowest BCUT2D eigenvalue weighted by Crippen LogP contribution is -2.05. The number of benzene rings is 3. The quantitative estimate of drug-likeness (QED) is 0.290. The molecule has 5 aromatic rings. The molecule has 0 amide bonds. The Morgan fingerprint density at radius 3 is 2.49 bits per heavy atom. The molecular formula is C24H18F3N7O. The van der Waals surface area contributed by atoms with E-state index in [2.05, 4.69) is 30.5 Å². The number of nitrogens with one attached hydrogen (secondary N) is 2. The third-order valence-corrected chi connectivity index (χ3v) is 5.12. The van der Waals surface area contributed by atoms with Crippen molar-refractivity contribution in [3.63, 3.8) is 0 Å².